The first kappa shape index (κ1) is 26.9. The summed E-state index contributed by atoms with van der Waals surface area (Å²) in [7, 11) is -3.99. The van der Waals surface area contributed by atoms with Gasteiger partial charge >= 0.3 is 0 Å². The van der Waals surface area contributed by atoms with Gasteiger partial charge in [-0.15, -0.1) is 0 Å². The van der Waals surface area contributed by atoms with Gasteiger partial charge in [0.1, 0.15) is 0 Å². The molecule has 1 heterocycles. The zero-order valence-electron chi connectivity index (χ0n) is 20.5. The number of hydrogen-bond donors (Lipinski definition) is 3. The molecule has 1 amide bonds. The summed E-state index contributed by atoms with van der Waals surface area (Å²) in [5.41, 5.74) is 6.67. The quantitative estimate of drug-likeness (QED) is 0.427. The Balaban J connectivity index is 1.90. The standard InChI is InChI=1S/C25H35N3O6S/c1-16(2)13-28(35(31,32)19-10-11-21-22(12-19)34-15-33-21)14-20(29)24(18-8-6-5-7-9-18)27-25(30)23(26)17(3)4/h5-12,16-17,20,23-24,29H,13-15,26H2,1-4H3,(H,27,30)/t20-,23+,24+/m1/s1. The van der Waals surface area contributed by atoms with Crippen LogP contribution >= 0.6 is 0 Å². The summed E-state index contributed by atoms with van der Waals surface area (Å²) in [6, 6.07) is 11.8. The predicted molar refractivity (Wildman–Crippen MR) is 132 cm³/mol. The normalized spacial score (nSPS) is 15.9. The number of aliphatic hydroxyl groups is 1. The van der Waals surface area contributed by atoms with E-state index in [4.69, 9.17) is 15.2 Å². The molecule has 9 nitrogen and oxygen atoms in total. The van der Waals surface area contributed by atoms with Gasteiger partial charge in [0.05, 0.1) is 23.1 Å². The second-order valence-electron chi connectivity index (χ2n) is 9.47. The summed E-state index contributed by atoms with van der Waals surface area (Å²) in [6.07, 6.45) is -1.23. The molecule has 2 aromatic carbocycles. The van der Waals surface area contributed by atoms with Crippen LogP contribution in [0.1, 0.15) is 39.3 Å². The van der Waals surface area contributed by atoms with Crippen LogP contribution in [0.15, 0.2) is 53.4 Å². The molecule has 2 aromatic rings. The fourth-order valence-corrected chi connectivity index (χ4v) is 5.43. The van der Waals surface area contributed by atoms with E-state index in [0.29, 0.717) is 17.1 Å². The molecule has 0 bridgehead atoms. The minimum absolute atomic E-state index is 0.00915. The van der Waals surface area contributed by atoms with E-state index in [-0.39, 0.29) is 36.6 Å². The van der Waals surface area contributed by atoms with Gasteiger partial charge < -0.3 is 25.6 Å². The third kappa shape index (κ3) is 6.52. The van der Waals surface area contributed by atoms with E-state index in [1.165, 1.54) is 16.4 Å². The number of carbonyl (C=O) groups excluding carboxylic acids is 1. The number of amides is 1. The molecule has 0 unspecified atom stereocenters. The summed E-state index contributed by atoms with van der Waals surface area (Å²) in [5.74, 6) is 0.306. The molecular formula is C25H35N3O6S. The smallest absolute Gasteiger partial charge is 0.243 e. The second kappa shape index (κ2) is 11.4. The maximum atomic E-state index is 13.6. The third-order valence-electron chi connectivity index (χ3n) is 5.80. The number of nitrogens with zero attached hydrogens (tertiary/aromatic N) is 1. The Hall–Kier alpha value is -2.66. The van der Waals surface area contributed by atoms with E-state index >= 15 is 0 Å². The lowest BCUT2D eigenvalue weighted by Crippen LogP contribution is -2.50. The molecule has 1 aliphatic rings. The summed E-state index contributed by atoms with van der Waals surface area (Å²) in [6.45, 7) is 7.44. The van der Waals surface area contributed by atoms with Crippen LogP contribution < -0.4 is 20.5 Å². The van der Waals surface area contributed by atoms with Gasteiger partial charge in [0, 0.05) is 19.2 Å². The van der Waals surface area contributed by atoms with Crippen molar-refractivity contribution in [1.82, 2.24) is 9.62 Å². The van der Waals surface area contributed by atoms with Crippen LogP contribution in [-0.4, -0.2) is 55.8 Å². The molecule has 0 aromatic heterocycles. The average Bonchev–Trinajstić information content (AvgIpc) is 3.29. The molecule has 0 radical (unpaired) electrons. The second-order valence-corrected chi connectivity index (χ2v) is 11.4. The van der Waals surface area contributed by atoms with Crippen LogP contribution in [-0.2, 0) is 14.8 Å². The number of rotatable bonds is 11. The maximum absolute atomic E-state index is 13.6. The number of benzene rings is 2. The van der Waals surface area contributed by atoms with Crippen molar-refractivity contribution < 1.29 is 27.8 Å². The zero-order chi connectivity index (χ0) is 25.8. The van der Waals surface area contributed by atoms with E-state index in [1.807, 2.05) is 33.8 Å². The fraction of sp³-hybridized carbons (Fsp3) is 0.480. The van der Waals surface area contributed by atoms with Gasteiger partial charge in [0.15, 0.2) is 11.5 Å². The summed E-state index contributed by atoms with van der Waals surface area (Å²) < 4.78 is 39.1. The maximum Gasteiger partial charge on any atom is 0.243 e. The molecule has 3 atom stereocenters. The van der Waals surface area contributed by atoms with Gasteiger partial charge in [-0.1, -0.05) is 58.0 Å². The lowest BCUT2D eigenvalue weighted by Gasteiger charge is -2.31. The van der Waals surface area contributed by atoms with Crippen molar-refractivity contribution in [3.8, 4) is 11.5 Å². The van der Waals surface area contributed by atoms with Crippen molar-refractivity contribution in [2.24, 2.45) is 17.6 Å². The zero-order valence-corrected chi connectivity index (χ0v) is 21.4. The number of nitrogens with one attached hydrogen (secondary N) is 1. The van der Waals surface area contributed by atoms with E-state index in [0.717, 1.165) is 0 Å². The minimum atomic E-state index is -3.99. The van der Waals surface area contributed by atoms with Crippen LogP contribution in [0.5, 0.6) is 11.5 Å². The predicted octanol–water partition coefficient (Wildman–Crippen LogP) is 2.26. The number of nitrogens with two attached hydrogens (primary N) is 1. The molecule has 0 saturated carbocycles. The highest BCUT2D eigenvalue weighted by molar-refractivity contribution is 7.89. The first-order chi connectivity index (χ1) is 16.5. The highest BCUT2D eigenvalue weighted by Crippen LogP contribution is 2.35. The Morgan fingerprint density at radius 3 is 2.34 bits per heavy atom. The van der Waals surface area contributed by atoms with Crippen LogP contribution in [0.2, 0.25) is 0 Å². The van der Waals surface area contributed by atoms with E-state index < -0.39 is 34.1 Å². The molecule has 35 heavy (non-hydrogen) atoms. The molecule has 3 rings (SSSR count). The number of hydrogen-bond acceptors (Lipinski definition) is 7. The first-order valence-electron chi connectivity index (χ1n) is 11.7. The number of sulfonamides is 1. The van der Waals surface area contributed by atoms with Crippen molar-refractivity contribution in [2.45, 2.75) is 50.8 Å². The van der Waals surface area contributed by atoms with E-state index in [9.17, 15) is 18.3 Å². The number of carbonyl (C=O) groups is 1. The van der Waals surface area contributed by atoms with Crippen LogP contribution in [0.25, 0.3) is 0 Å². The monoisotopic (exact) mass is 505 g/mol. The summed E-state index contributed by atoms with van der Waals surface area (Å²) in [5, 5.41) is 14.1. The Morgan fingerprint density at radius 2 is 1.71 bits per heavy atom. The molecular weight excluding hydrogens is 470 g/mol. The molecule has 0 spiro atoms. The molecule has 1 aliphatic heterocycles. The Labute approximate surface area is 207 Å². The Bertz CT molecular complexity index is 1110. The summed E-state index contributed by atoms with van der Waals surface area (Å²) in [4.78, 5) is 12.8. The summed E-state index contributed by atoms with van der Waals surface area (Å²) >= 11 is 0. The highest BCUT2D eigenvalue weighted by Gasteiger charge is 2.33. The fourth-order valence-electron chi connectivity index (χ4n) is 3.79. The van der Waals surface area contributed by atoms with Gasteiger partial charge in [0.25, 0.3) is 0 Å². The highest BCUT2D eigenvalue weighted by atomic mass is 32.2. The molecule has 4 N–H and O–H groups in total. The van der Waals surface area contributed by atoms with Gasteiger partial charge in [-0.25, -0.2) is 8.42 Å². The molecule has 192 valence electrons. The van der Waals surface area contributed by atoms with Crippen molar-refractivity contribution in [3.05, 3.63) is 54.1 Å². The minimum Gasteiger partial charge on any atom is -0.454 e. The van der Waals surface area contributed by atoms with Crippen molar-refractivity contribution in [1.29, 1.82) is 0 Å². The van der Waals surface area contributed by atoms with Gasteiger partial charge in [-0.05, 0) is 29.5 Å². The van der Waals surface area contributed by atoms with Crippen LogP contribution in [0, 0.1) is 11.8 Å². The number of aliphatic hydroxyl groups excluding tert-OH is 1. The van der Waals surface area contributed by atoms with Crippen LogP contribution in [0.4, 0.5) is 0 Å². The first-order valence-corrected chi connectivity index (χ1v) is 13.1. The third-order valence-corrected chi connectivity index (χ3v) is 7.63. The average molecular weight is 506 g/mol. The SMILES string of the molecule is CC(C)CN(C[C@@H](O)[C@@H](NC(=O)[C@@H](N)C(C)C)c1ccccc1)S(=O)(=O)c1ccc2c(c1)OCO2. The molecule has 0 saturated heterocycles. The van der Waals surface area contributed by atoms with E-state index in [1.54, 1.807) is 30.3 Å². The lowest BCUT2D eigenvalue weighted by molar-refractivity contribution is -0.125. The molecule has 0 aliphatic carbocycles. The van der Waals surface area contributed by atoms with Crippen LogP contribution in [0.3, 0.4) is 0 Å². The Kier molecular flexibility index (Phi) is 8.76. The van der Waals surface area contributed by atoms with Gasteiger partial charge in [0.2, 0.25) is 22.7 Å². The molecule has 0 fully saturated rings. The number of fused-ring (bicyclic) bond motifs is 1. The van der Waals surface area contributed by atoms with Crippen molar-refractivity contribution in [3.63, 3.8) is 0 Å². The van der Waals surface area contributed by atoms with Crippen molar-refractivity contribution in [2.75, 3.05) is 19.9 Å². The molecule has 10 heteroatoms. The Morgan fingerprint density at radius 1 is 1.06 bits per heavy atom. The van der Waals surface area contributed by atoms with Gasteiger partial charge in [-0.2, -0.15) is 4.31 Å². The lowest BCUT2D eigenvalue weighted by atomic mass is 9.99. The van der Waals surface area contributed by atoms with Gasteiger partial charge in [-0.3, -0.25) is 4.79 Å². The largest absolute Gasteiger partial charge is 0.454 e. The number of ether oxygens (including phenoxy) is 2. The van der Waals surface area contributed by atoms with E-state index in [2.05, 4.69) is 5.32 Å². The topological polar surface area (TPSA) is 131 Å². The van der Waals surface area contributed by atoms with Crippen molar-refractivity contribution >= 4 is 15.9 Å².